The average molecular weight is 297 g/mol. The summed E-state index contributed by atoms with van der Waals surface area (Å²) >= 11 is 0. The van der Waals surface area contributed by atoms with Gasteiger partial charge in [-0.25, -0.2) is 4.90 Å². The van der Waals surface area contributed by atoms with Crippen LogP contribution >= 0.6 is 0 Å². The minimum absolute atomic E-state index is 0.280. The molecule has 5 nitrogen and oxygen atoms in total. The Morgan fingerprint density at radius 1 is 1.09 bits per heavy atom. The van der Waals surface area contributed by atoms with Crippen LogP contribution in [-0.2, 0) is 19.1 Å². The topological polar surface area (TPSA) is 63.7 Å². The van der Waals surface area contributed by atoms with Gasteiger partial charge in [-0.3, -0.25) is 14.4 Å². The smallest absolute Gasteiger partial charge is 0.317 e. The maximum Gasteiger partial charge on any atom is 0.317 e. The molecule has 3 aliphatic heterocycles. The Balaban J connectivity index is 1.86. The van der Waals surface area contributed by atoms with Gasteiger partial charge in [0.1, 0.15) is 6.10 Å². The number of hydrogen-bond donors (Lipinski definition) is 0. The molecule has 4 atom stereocenters. The summed E-state index contributed by atoms with van der Waals surface area (Å²) in [6.07, 6.45) is 1.18. The van der Waals surface area contributed by atoms with Gasteiger partial charge in [0.05, 0.1) is 22.9 Å². The second kappa shape index (κ2) is 4.06. The molecule has 1 aromatic rings. The highest BCUT2D eigenvalue weighted by Gasteiger charge is 2.67. The molecule has 4 aliphatic rings. The number of ether oxygens (including phenoxy) is 1. The molecule has 1 aromatic carbocycles. The number of amides is 2. The standard InChI is InChI=1S/C17H15NO4/c1-9-8-17(2)12-11(13(9)22-16(17)21)14(19)18(15(12)20)10-6-4-3-5-7-10/h3-8,11-13H,1-2H3/t11-,12-,13-,17+/m0/s1. The van der Waals surface area contributed by atoms with Crippen molar-refractivity contribution in [3.8, 4) is 0 Å². The number of hydrogen-bond acceptors (Lipinski definition) is 4. The second-order valence-corrected chi connectivity index (χ2v) is 6.35. The molecule has 2 saturated heterocycles. The molecule has 0 unspecified atom stereocenters. The Bertz CT molecular complexity index is 738. The summed E-state index contributed by atoms with van der Waals surface area (Å²) in [6.45, 7) is 3.53. The van der Waals surface area contributed by atoms with E-state index in [1.807, 2.05) is 13.0 Å². The molecule has 1 aliphatic carbocycles. The second-order valence-electron chi connectivity index (χ2n) is 6.35. The normalized spacial score (nSPS) is 36.3. The van der Waals surface area contributed by atoms with Crippen LogP contribution in [0.25, 0.3) is 0 Å². The highest BCUT2D eigenvalue weighted by molar-refractivity contribution is 6.24. The molecule has 112 valence electrons. The minimum Gasteiger partial charge on any atom is -0.456 e. The van der Waals surface area contributed by atoms with Gasteiger partial charge in [0.2, 0.25) is 11.8 Å². The van der Waals surface area contributed by atoms with E-state index in [1.165, 1.54) is 4.90 Å². The van der Waals surface area contributed by atoms with Crippen LogP contribution in [-0.4, -0.2) is 23.9 Å². The van der Waals surface area contributed by atoms with Crippen LogP contribution in [0.3, 0.4) is 0 Å². The number of rotatable bonds is 1. The Labute approximate surface area is 127 Å². The molecule has 0 aromatic heterocycles. The lowest BCUT2D eigenvalue weighted by Crippen LogP contribution is -2.56. The fourth-order valence-electron chi connectivity index (χ4n) is 3.98. The number of fused-ring (bicyclic) bond motifs is 1. The molecule has 5 rings (SSSR count). The predicted octanol–water partition coefficient (Wildman–Crippen LogP) is 1.68. The Hall–Kier alpha value is -2.43. The summed E-state index contributed by atoms with van der Waals surface area (Å²) in [5.74, 6) is -2.29. The van der Waals surface area contributed by atoms with E-state index in [9.17, 15) is 14.4 Å². The lowest BCUT2D eigenvalue weighted by Gasteiger charge is -2.46. The van der Waals surface area contributed by atoms with Gasteiger partial charge in [-0.1, -0.05) is 24.3 Å². The first kappa shape index (κ1) is 13.2. The fraction of sp³-hybridized carbons (Fsp3) is 0.353. The van der Waals surface area contributed by atoms with Crippen molar-refractivity contribution in [1.29, 1.82) is 0 Å². The first-order chi connectivity index (χ1) is 10.4. The summed E-state index contributed by atoms with van der Waals surface area (Å²) in [4.78, 5) is 39.1. The molecule has 2 fully saturated rings. The number of nitrogens with zero attached hydrogens (tertiary/aromatic N) is 1. The molecule has 0 spiro atoms. The molecule has 0 N–H and O–H groups in total. The van der Waals surface area contributed by atoms with Gasteiger partial charge in [-0.05, 0) is 31.6 Å². The van der Waals surface area contributed by atoms with Gasteiger partial charge >= 0.3 is 5.97 Å². The highest BCUT2D eigenvalue weighted by Crippen LogP contribution is 2.54. The van der Waals surface area contributed by atoms with E-state index in [2.05, 4.69) is 0 Å². The number of carbonyl (C=O) groups is 3. The molecular weight excluding hydrogens is 282 g/mol. The SMILES string of the molecule is CC1=C[C@@]2(C)C(=O)O[C@@H]1[C@H]1C(=O)N(c3ccccc3)C(=O)[C@H]12. The summed E-state index contributed by atoms with van der Waals surface area (Å²) < 4.78 is 5.41. The van der Waals surface area contributed by atoms with Crippen LogP contribution in [0.1, 0.15) is 13.8 Å². The zero-order chi connectivity index (χ0) is 15.6. The van der Waals surface area contributed by atoms with Crippen LogP contribution in [0.2, 0.25) is 0 Å². The van der Waals surface area contributed by atoms with Crippen molar-refractivity contribution >= 4 is 23.5 Å². The third kappa shape index (κ3) is 1.41. The summed E-state index contributed by atoms with van der Waals surface area (Å²) in [7, 11) is 0. The lowest BCUT2D eigenvalue weighted by molar-refractivity contribution is -0.180. The van der Waals surface area contributed by atoms with E-state index < -0.39 is 29.3 Å². The maximum absolute atomic E-state index is 12.9. The fourth-order valence-corrected chi connectivity index (χ4v) is 3.98. The van der Waals surface area contributed by atoms with Crippen molar-refractivity contribution in [2.75, 3.05) is 4.90 Å². The van der Waals surface area contributed by atoms with E-state index >= 15 is 0 Å². The number of esters is 1. The van der Waals surface area contributed by atoms with Crippen LogP contribution in [0, 0.1) is 17.3 Å². The van der Waals surface area contributed by atoms with Gasteiger partial charge < -0.3 is 4.74 Å². The number of para-hydroxylation sites is 1. The van der Waals surface area contributed by atoms with Crippen molar-refractivity contribution in [3.05, 3.63) is 42.0 Å². The monoisotopic (exact) mass is 297 g/mol. The van der Waals surface area contributed by atoms with E-state index in [-0.39, 0.29) is 11.8 Å². The van der Waals surface area contributed by atoms with Crippen LogP contribution in [0.4, 0.5) is 5.69 Å². The van der Waals surface area contributed by atoms with Crippen molar-refractivity contribution in [3.63, 3.8) is 0 Å². The largest absolute Gasteiger partial charge is 0.456 e. The summed E-state index contributed by atoms with van der Waals surface area (Å²) in [5, 5.41) is 0. The summed E-state index contributed by atoms with van der Waals surface area (Å²) in [6, 6.07) is 8.82. The first-order valence-electron chi connectivity index (χ1n) is 7.28. The highest BCUT2D eigenvalue weighted by atomic mass is 16.5. The number of anilines is 1. The zero-order valence-electron chi connectivity index (χ0n) is 12.3. The minimum atomic E-state index is -1.06. The average Bonchev–Trinajstić information content (AvgIpc) is 2.75. The molecular formula is C17H15NO4. The summed E-state index contributed by atoms with van der Waals surface area (Å²) in [5.41, 5.74) is 0.333. The molecule has 5 heteroatoms. The van der Waals surface area contributed by atoms with Crippen LogP contribution in [0.15, 0.2) is 42.0 Å². The van der Waals surface area contributed by atoms with Crippen LogP contribution in [0.5, 0.6) is 0 Å². The lowest BCUT2D eigenvalue weighted by atomic mass is 9.62. The first-order valence-corrected chi connectivity index (χ1v) is 7.28. The molecule has 2 amide bonds. The Kier molecular flexibility index (Phi) is 2.45. The van der Waals surface area contributed by atoms with Gasteiger partial charge in [-0.15, -0.1) is 0 Å². The van der Waals surface area contributed by atoms with Crippen molar-refractivity contribution in [2.45, 2.75) is 20.0 Å². The molecule has 2 bridgehead atoms. The Morgan fingerprint density at radius 2 is 1.77 bits per heavy atom. The third-order valence-electron chi connectivity index (χ3n) is 4.99. The number of imide groups is 1. The van der Waals surface area contributed by atoms with E-state index in [1.54, 1.807) is 37.3 Å². The van der Waals surface area contributed by atoms with Crippen molar-refractivity contribution in [2.24, 2.45) is 17.3 Å². The van der Waals surface area contributed by atoms with Crippen LogP contribution < -0.4 is 4.90 Å². The van der Waals surface area contributed by atoms with Gasteiger partial charge in [0.25, 0.3) is 0 Å². The molecule has 0 radical (unpaired) electrons. The molecule has 0 saturated carbocycles. The van der Waals surface area contributed by atoms with Crippen molar-refractivity contribution in [1.82, 2.24) is 0 Å². The van der Waals surface area contributed by atoms with E-state index in [0.717, 1.165) is 5.57 Å². The van der Waals surface area contributed by atoms with E-state index in [0.29, 0.717) is 5.69 Å². The predicted molar refractivity (Wildman–Crippen MR) is 77.7 cm³/mol. The van der Waals surface area contributed by atoms with Gasteiger partial charge in [-0.2, -0.15) is 0 Å². The Morgan fingerprint density at radius 3 is 2.45 bits per heavy atom. The number of benzene rings is 1. The van der Waals surface area contributed by atoms with Gasteiger partial charge in [0, 0.05) is 0 Å². The van der Waals surface area contributed by atoms with Crippen molar-refractivity contribution < 1.29 is 19.1 Å². The molecule has 22 heavy (non-hydrogen) atoms. The van der Waals surface area contributed by atoms with Gasteiger partial charge in [0.15, 0.2) is 0 Å². The third-order valence-corrected chi connectivity index (χ3v) is 4.99. The quantitative estimate of drug-likeness (QED) is 0.449. The maximum atomic E-state index is 12.9. The number of carbonyl (C=O) groups excluding carboxylic acids is 3. The zero-order valence-corrected chi connectivity index (χ0v) is 12.3. The van der Waals surface area contributed by atoms with E-state index in [4.69, 9.17) is 4.74 Å². The molecule has 3 heterocycles.